The van der Waals surface area contributed by atoms with Crippen molar-refractivity contribution in [3.8, 4) is 27.9 Å². The molecule has 10 aromatic rings. The van der Waals surface area contributed by atoms with Crippen LogP contribution in [0.1, 0.15) is 5.48 Å². The van der Waals surface area contributed by atoms with Crippen molar-refractivity contribution in [3.05, 3.63) is 206 Å². The summed E-state index contributed by atoms with van der Waals surface area (Å²) in [5.74, 6) is 0. The van der Waals surface area contributed by atoms with Gasteiger partial charge in [0.2, 0.25) is 0 Å². The molecule has 0 aliphatic carbocycles. The van der Waals surface area contributed by atoms with Gasteiger partial charge >= 0.3 is 0 Å². The summed E-state index contributed by atoms with van der Waals surface area (Å²) >= 11 is 0. The Morgan fingerprint density at radius 1 is 0.404 bits per heavy atom. The molecule has 52 heavy (non-hydrogen) atoms. The highest BCUT2D eigenvalue weighted by molar-refractivity contribution is 6.16. The van der Waals surface area contributed by atoms with Gasteiger partial charge < -0.3 is 9.47 Å². The minimum atomic E-state index is -0.111. The maximum atomic E-state index is 9.63. The zero-order valence-electron chi connectivity index (χ0n) is 32.2. The molecule has 0 saturated carbocycles. The van der Waals surface area contributed by atoms with Crippen LogP contribution in [0.25, 0.3) is 71.3 Å². The van der Waals surface area contributed by atoms with Gasteiger partial charge in [0.15, 0.2) is 0 Å². The highest BCUT2D eigenvalue weighted by Gasteiger charge is 2.19. The molecule has 0 fully saturated rings. The molecule has 1 aromatic heterocycles. The smallest absolute Gasteiger partial charge is 0.0645 e. The normalized spacial score (nSPS) is 12.5. The largest absolute Gasteiger partial charge is 0.310 e. The number of aromatic nitrogens is 1. The van der Waals surface area contributed by atoms with Crippen molar-refractivity contribution in [2.45, 2.75) is 0 Å². The van der Waals surface area contributed by atoms with E-state index in [9.17, 15) is 5.48 Å². The van der Waals surface area contributed by atoms with Crippen LogP contribution in [0.2, 0.25) is 0 Å². The fourth-order valence-electron chi connectivity index (χ4n) is 7.72. The summed E-state index contributed by atoms with van der Waals surface area (Å²) in [7, 11) is 0. The predicted molar refractivity (Wildman–Crippen MR) is 221 cm³/mol. The fraction of sp³-hybridized carbons (Fsp3) is 0. The van der Waals surface area contributed by atoms with Crippen LogP contribution in [0.3, 0.4) is 0 Å². The van der Waals surface area contributed by atoms with Crippen LogP contribution >= 0.6 is 0 Å². The zero-order valence-corrected chi connectivity index (χ0v) is 28.2. The summed E-state index contributed by atoms with van der Waals surface area (Å²) in [6.45, 7) is 0. The van der Waals surface area contributed by atoms with Crippen molar-refractivity contribution in [3.63, 3.8) is 0 Å². The summed E-state index contributed by atoms with van der Waals surface area (Å²) in [6.07, 6.45) is 0. The molecule has 9 aromatic carbocycles. The van der Waals surface area contributed by atoms with E-state index in [2.05, 4.69) is 95.6 Å². The van der Waals surface area contributed by atoms with Gasteiger partial charge in [-0.3, -0.25) is 0 Å². The highest BCUT2D eigenvalue weighted by atomic mass is 15.1. The third-order valence-electron chi connectivity index (χ3n) is 10.0. The van der Waals surface area contributed by atoms with E-state index in [1.807, 2.05) is 95.9 Å². The molecule has 0 aliphatic heterocycles. The van der Waals surface area contributed by atoms with Crippen LogP contribution in [-0.2, 0) is 0 Å². The summed E-state index contributed by atoms with van der Waals surface area (Å²) < 4.78 is 40.5. The number of hydrogen-bond donors (Lipinski definition) is 0. The van der Waals surface area contributed by atoms with E-state index in [1.165, 1.54) is 0 Å². The number of fused-ring (bicyclic) bond motifs is 5. The molecule has 0 aliphatic rings. The van der Waals surface area contributed by atoms with Crippen LogP contribution in [0.4, 0.5) is 17.1 Å². The molecule has 0 amide bonds. The summed E-state index contributed by atoms with van der Waals surface area (Å²) in [5, 5.41) is 6.06. The Bertz CT molecular complexity index is 3110. The first-order valence-electron chi connectivity index (χ1n) is 19.5. The van der Waals surface area contributed by atoms with E-state index in [1.54, 1.807) is 0 Å². The average molecular weight is 667 g/mol. The van der Waals surface area contributed by atoms with E-state index in [4.69, 9.17) is 0 Å². The predicted octanol–water partition coefficient (Wildman–Crippen LogP) is 13.9. The SMILES string of the molecule is [2H]c1c([2H])c(N(c2cccc(-c3cccc4c3c3ccccc3n4-c3ccccc3)c2)c2cccc3ccccc23)c([2H])c([2H])c1-c1cccc2ccccc12. The molecule has 2 nitrogen and oxygen atoms in total. The van der Waals surface area contributed by atoms with Gasteiger partial charge in [-0.1, -0.05) is 152 Å². The number of para-hydroxylation sites is 2. The maximum Gasteiger partial charge on any atom is 0.0645 e. The second-order valence-corrected chi connectivity index (χ2v) is 13.0. The van der Waals surface area contributed by atoms with Crippen LogP contribution in [0.5, 0.6) is 0 Å². The summed E-state index contributed by atoms with van der Waals surface area (Å²) in [4.78, 5) is 1.91. The standard InChI is InChI=1S/C50H34N2/c1-2-19-39(20-3-1)52-48-27-9-8-24-46(48)50-45(26-13-29-49(50)52)38-18-10-21-41(34-38)51(47-28-12-17-36-15-5-7-23-44(36)47)40-32-30-37(31-33-40)43-25-11-16-35-14-4-6-22-42(35)43/h1-34H/i30D,31D,32D,33D. The van der Waals surface area contributed by atoms with Gasteiger partial charge in [-0.2, -0.15) is 0 Å². The first-order chi connectivity index (χ1) is 27.5. The molecule has 0 radical (unpaired) electrons. The summed E-state index contributed by atoms with van der Waals surface area (Å²) in [5.41, 5.74) is 7.95. The minimum absolute atomic E-state index is 0.0859. The maximum absolute atomic E-state index is 9.63. The van der Waals surface area contributed by atoms with Gasteiger partial charge in [-0.25, -0.2) is 0 Å². The lowest BCUT2D eigenvalue weighted by molar-refractivity contribution is 1.18. The van der Waals surface area contributed by atoms with Gasteiger partial charge in [0.1, 0.15) is 0 Å². The Morgan fingerprint density at radius 3 is 1.83 bits per heavy atom. The van der Waals surface area contributed by atoms with Gasteiger partial charge in [0.05, 0.1) is 22.2 Å². The third kappa shape index (κ3) is 4.96. The molecule has 0 saturated heterocycles. The van der Waals surface area contributed by atoms with Crippen LogP contribution in [0, 0.1) is 0 Å². The van der Waals surface area contributed by atoms with Crippen LogP contribution < -0.4 is 4.90 Å². The number of benzene rings is 9. The Kier molecular flexibility index (Phi) is 6.22. The van der Waals surface area contributed by atoms with Crippen LogP contribution in [-0.4, -0.2) is 4.57 Å². The number of anilines is 3. The molecule has 10 rings (SSSR count). The monoisotopic (exact) mass is 666 g/mol. The number of nitrogens with zero attached hydrogens (tertiary/aromatic N) is 2. The zero-order chi connectivity index (χ0) is 37.9. The Hall–Kier alpha value is -6.90. The van der Waals surface area contributed by atoms with Crippen molar-refractivity contribution < 1.29 is 5.48 Å². The lowest BCUT2D eigenvalue weighted by Crippen LogP contribution is -2.10. The lowest BCUT2D eigenvalue weighted by atomic mass is 9.97. The second-order valence-electron chi connectivity index (χ2n) is 13.0. The topological polar surface area (TPSA) is 8.17 Å². The van der Waals surface area contributed by atoms with E-state index >= 15 is 0 Å². The molecule has 244 valence electrons. The Labute approximate surface area is 308 Å². The quantitative estimate of drug-likeness (QED) is 0.171. The fourth-order valence-corrected chi connectivity index (χ4v) is 7.72. The molecule has 0 unspecified atom stereocenters. The van der Waals surface area contributed by atoms with Gasteiger partial charge in [0.25, 0.3) is 0 Å². The van der Waals surface area contributed by atoms with Crippen LogP contribution in [0.15, 0.2) is 206 Å². The molecule has 0 bridgehead atoms. The van der Waals surface area contributed by atoms with Crippen molar-refractivity contribution in [2.24, 2.45) is 0 Å². The molecule has 2 heteroatoms. The van der Waals surface area contributed by atoms with Crippen molar-refractivity contribution >= 4 is 60.4 Å². The Morgan fingerprint density at radius 2 is 1.00 bits per heavy atom. The molecular formula is C50H34N2. The highest BCUT2D eigenvalue weighted by Crippen LogP contribution is 2.43. The molecule has 0 spiro atoms. The number of hydrogen-bond acceptors (Lipinski definition) is 1. The van der Waals surface area contributed by atoms with Gasteiger partial charge in [-0.15, -0.1) is 0 Å². The lowest BCUT2D eigenvalue weighted by Gasteiger charge is -2.27. The van der Waals surface area contributed by atoms with Crippen molar-refractivity contribution in [2.75, 3.05) is 4.90 Å². The van der Waals surface area contributed by atoms with Crippen molar-refractivity contribution in [1.29, 1.82) is 0 Å². The van der Waals surface area contributed by atoms with E-state index in [0.717, 1.165) is 71.5 Å². The summed E-state index contributed by atoms with van der Waals surface area (Å²) in [6, 6.07) is 60.9. The third-order valence-corrected chi connectivity index (χ3v) is 10.0. The second kappa shape index (κ2) is 12.5. The average Bonchev–Trinajstić information content (AvgIpc) is 3.59. The molecule has 0 atom stereocenters. The first kappa shape index (κ1) is 26.0. The van der Waals surface area contributed by atoms with Gasteiger partial charge in [0, 0.05) is 33.2 Å². The minimum Gasteiger partial charge on any atom is -0.310 e. The van der Waals surface area contributed by atoms with Gasteiger partial charge in [-0.05, 0) is 93.0 Å². The molecule has 0 N–H and O–H groups in total. The van der Waals surface area contributed by atoms with E-state index in [0.29, 0.717) is 5.56 Å². The Balaban J connectivity index is 1.23. The van der Waals surface area contributed by atoms with E-state index < -0.39 is 0 Å². The van der Waals surface area contributed by atoms with Crippen molar-refractivity contribution in [1.82, 2.24) is 4.57 Å². The molecular weight excluding hydrogens is 629 g/mol. The first-order valence-corrected chi connectivity index (χ1v) is 17.5. The number of rotatable bonds is 6. The van der Waals surface area contributed by atoms with E-state index in [-0.39, 0.29) is 35.4 Å². The molecule has 1 heterocycles.